The summed E-state index contributed by atoms with van der Waals surface area (Å²) >= 11 is 0. The quantitative estimate of drug-likeness (QED) is 0.729. The second-order valence-electron chi connectivity index (χ2n) is 9.66. The van der Waals surface area contributed by atoms with Crippen molar-refractivity contribution in [3.05, 3.63) is 58.4 Å². The van der Waals surface area contributed by atoms with Crippen molar-refractivity contribution >= 4 is 17.5 Å². The average Bonchev–Trinajstić information content (AvgIpc) is 3.36. The van der Waals surface area contributed by atoms with Gasteiger partial charge >= 0.3 is 0 Å². The highest BCUT2D eigenvalue weighted by atomic mass is 16.2. The molecule has 1 saturated carbocycles. The normalized spacial score (nSPS) is 19.1. The number of aromatic nitrogens is 1. The van der Waals surface area contributed by atoms with E-state index >= 15 is 0 Å². The SMILES string of the molecule is Cc1cc(C(=O)Nc2cc(C#N)cc(CN3CCN(C(=O)C4CCCC4)[C@@H](C)C3)c2C)ccn1. The molecule has 2 aromatic rings. The third-order valence-electron chi connectivity index (χ3n) is 7.14. The second kappa shape index (κ2) is 10.4. The number of nitrogens with one attached hydrogen (secondary N) is 1. The number of carbonyl (C=O) groups is 2. The molecule has 0 bridgehead atoms. The number of aryl methyl sites for hydroxylation is 1. The van der Waals surface area contributed by atoms with Gasteiger partial charge in [-0.05, 0) is 69.0 Å². The van der Waals surface area contributed by atoms with Gasteiger partial charge in [0.05, 0.1) is 11.6 Å². The zero-order chi connectivity index (χ0) is 24.2. The highest BCUT2D eigenvalue weighted by Gasteiger charge is 2.33. The topological polar surface area (TPSA) is 89.3 Å². The fourth-order valence-corrected chi connectivity index (χ4v) is 5.17. The first-order valence-corrected chi connectivity index (χ1v) is 12.2. The molecule has 7 nitrogen and oxygen atoms in total. The van der Waals surface area contributed by atoms with E-state index in [4.69, 9.17) is 0 Å². The number of amides is 2. The van der Waals surface area contributed by atoms with Crippen LogP contribution in [-0.2, 0) is 11.3 Å². The molecule has 1 saturated heterocycles. The van der Waals surface area contributed by atoms with Gasteiger partial charge in [0.2, 0.25) is 5.91 Å². The van der Waals surface area contributed by atoms with E-state index in [0.29, 0.717) is 29.3 Å². The fraction of sp³-hybridized carbons (Fsp3) is 0.481. The largest absolute Gasteiger partial charge is 0.337 e. The maximum Gasteiger partial charge on any atom is 0.255 e. The molecule has 2 amide bonds. The summed E-state index contributed by atoms with van der Waals surface area (Å²) in [4.78, 5) is 34.3. The van der Waals surface area contributed by atoms with Gasteiger partial charge in [0.15, 0.2) is 0 Å². The van der Waals surface area contributed by atoms with Gasteiger partial charge in [-0.1, -0.05) is 12.8 Å². The summed E-state index contributed by atoms with van der Waals surface area (Å²) in [6.07, 6.45) is 6.00. The van der Waals surface area contributed by atoms with E-state index in [9.17, 15) is 14.9 Å². The Hall–Kier alpha value is -3.24. The van der Waals surface area contributed by atoms with Crippen LogP contribution in [0.1, 0.15) is 65.3 Å². The Labute approximate surface area is 201 Å². The zero-order valence-electron chi connectivity index (χ0n) is 20.3. The molecule has 1 atom stereocenters. The highest BCUT2D eigenvalue weighted by molar-refractivity contribution is 6.04. The van der Waals surface area contributed by atoms with Gasteiger partial charge in [0.1, 0.15) is 0 Å². The molecule has 178 valence electrons. The molecular formula is C27H33N5O2. The maximum absolute atomic E-state index is 12.9. The molecule has 1 aliphatic heterocycles. The number of nitriles is 1. The lowest BCUT2D eigenvalue weighted by atomic mass is 10.0. The lowest BCUT2D eigenvalue weighted by Gasteiger charge is -2.41. The third kappa shape index (κ3) is 5.28. The molecule has 1 aromatic carbocycles. The van der Waals surface area contributed by atoms with E-state index < -0.39 is 0 Å². The van der Waals surface area contributed by atoms with Crippen molar-refractivity contribution < 1.29 is 9.59 Å². The monoisotopic (exact) mass is 459 g/mol. The molecule has 4 rings (SSSR count). The van der Waals surface area contributed by atoms with Crippen LogP contribution in [-0.4, -0.2) is 52.3 Å². The van der Waals surface area contributed by atoms with E-state index in [2.05, 4.69) is 33.1 Å². The van der Waals surface area contributed by atoms with Gasteiger partial charge in [0, 0.05) is 61.3 Å². The number of benzene rings is 1. The first-order chi connectivity index (χ1) is 16.4. The molecule has 2 fully saturated rings. The summed E-state index contributed by atoms with van der Waals surface area (Å²) in [5.41, 5.74) is 4.45. The fourth-order valence-electron chi connectivity index (χ4n) is 5.17. The number of carbonyl (C=O) groups excluding carboxylic acids is 2. The number of pyridine rings is 1. The Morgan fingerprint density at radius 3 is 2.62 bits per heavy atom. The van der Waals surface area contributed by atoms with Gasteiger partial charge in [-0.3, -0.25) is 19.5 Å². The molecule has 2 aliphatic rings. The summed E-state index contributed by atoms with van der Waals surface area (Å²) < 4.78 is 0. The van der Waals surface area contributed by atoms with E-state index in [1.54, 1.807) is 24.4 Å². The van der Waals surface area contributed by atoms with Crippen LogP contribution in [0.2, 0.25) is 0 Å². The molecule has 0 spiro atoms. The van der Waals surface area contributed by atoms with Crippen LogP contribution in [0.4, 0.5) is 5.69 Å². The van der Waals surface area contributed by atoms with E-state index in [1.165, 1.54) is 12.8 Å². The van der Waals surface area contributed by atoms with Crippen molar-refractivity contribution in [3.63, 3.8) is 0 Å². The Bertz CT molecular complexity index is 1120. The maximum atomic E-state index is 12.9. The summed E-state index contributed by atoms with van der Waals surface area (Å²) in [5, 5.41) is 12.6. The lowest BCUT2D eigenvalue weighted by Crippen LogP contribution is -2.54. The van der Waals surface area contributed by atoms with Gasteiger partial charge in [-0.15, -0.1) is 0 Å². The average molecular weight is 460 g/mol. The van der Waals surface area contributed by atoms with Crippen molar-refractivity contribution in [1.29, 1.82) is 5.26 Å². The Kier molecular flexibility index (Phi) is 7.28. The van der Waals surface area contributed by atoms with E-state index in [-0.39, 0.29) is 17.9 Å². The smallest absolute Gasteiger partial charge is 0.255 e. The molecule has 34 heavy (non-hydrogen) atoms. The summed E-state index contributed by atoms with van der Waals surface area (Å²) in [7, 11) is 0. The Morgan fingerprint density at radius 2 is 1.94 bits per heavy atom. The van der Waals surface area contributed by atoms with Gasteiger partial charge in [-0.2, -0.15) is 5.26 Å². The van der Waals surface area contributed by atoms with Crippen molar-refractivity contribution in [2.24, 2.45) is 5.92 Å². The van der Waals surface area contributed by atoms with Crippen molar-refractivity contribution in [2.45, 2.75) is 59.0 Å². The minimum Gasteiger partial charge on any atom is -0.337 e. The summed E-state index contributed by atoms with van der Waals surface area (Å²) in [5.74, 6) is 0.310. The predicted octanol–water partition coefficient (Wildman–Crippen LogP) is 4.05. The molecule has 1 aromatic heterocycles. The number of hydrogen-bond acceptors (Lipinski definition) is 5. The van der Waals surface area contributed by atoms with Crippen molar-refractivity contribution in [3.8, 4) is 6.07 Å². The van der Waals surface area contributed by atoms with Crippen LogP contribution in [0.15, 0.2) is 30.5 Å². The number of anilines is 1. The number of hydrogen-bond donors (Lipinski definition) is 1. The minimum atomic E-state index is -0.220. The predicted molar refractivity (Wildman–Crippen MR) is 131 cm³/mol. The van der Waals surface area contributed by atoms with Crippen LogP contribution in [0.25, 0.3) is 0 Å². The standard InChI is InChI=1S/C27H33N5O2/c1-18-12-23(8-9-29-18)26(33)30-25-14-21(15-28)13-24(20(25)3)17-31-10-11-32(19(2)16-31)27(34)22-6-4-5-7-22/h8-9,12-14,19,22H,4-7,10-11,16-17H2,1-3H3,(H,30,33)/t19-/m0/s1. The van der Waals surface area contributed by atoms with Crippen LogP contribution in [0.5, 0.6) is 0 Å². The van der Waals surface area contributed by atoms with Crippen molar-refractivity contribution in [1.82, 2.24) is 14.8 Å². The lowest BCUT2D eigenvalue weighted by molar-refractivity contribution is -0.140. The molecule has 0 unspecified atom stereocenters. The number of piperazine rings is 1. The Balaban J connectivity index is 1.46. The molecule has 7 heteroatoms. The third-order valence-corrected chi connectivity index (χ3v) is 7.14. The van der Waals surface area contributed by atoms with Crippen LogP contribution < -0.4 is 5.32 Å². The molecule has 2 heterocycles. The molecule has 1 aliphatic carbocycles. The minimum absolute atomic E-state index is 0.162. The summed E-state index contributed by atoms with van der Waals surface area (Å²) in [6.45, 7) is 8.96. The first kappa shape index (κ1) is 23.9. The van der Waals surface area contributed by atoms with Crippen LogP contribution in [0, 0.1) is 31.1 Å². The van der Waals surface area contributed by atoms with Crippen molar-refractivity contribution in [2.75, 3.05) is 25.0 Å². The molecule has 1 N–H and O–H groups in total. The van der Waals surface area contributed by atoms with Crippen LogP contribution in [0.3, 0.4) is 0 Å². The van der Waals surface area contributed by atoms with Gasteiger partial charge in [-0.25, -0.2) is 0 Å². The zero-order valence-corrected chi connectivity index (χ0v) is 20.3. The highest BCUT2D eigenvalue weighted by Crippen LogP contribution is 2.29. The number of nitrogens with zero attached hydrogens (tertiary/aromatic N) is 4. The second-order valence-corrected chi connectivity index (χ2v) is 9.66. The number of rotatable bonds is 5. The van der Waals surface area contributed by atoms with Gasteiger partial charge in [0.25, 0.3) is 5.91 Å². The summed E-state index contributed by atoms with van der Waals surface area (Å²) in [6, 6.07) is 9.44. The Morgan fingerprint density at radius 1 is 1.18 bits per heavy atom. The van der Waals surface area contributed by atoms with Gasteiger partial charge < -0.3 is 10.2 Å². The van der Waals surface area contributed by atoms with Crippen LogP contribution >= 0.6 is 0 Å². The van der Waals surface area contributed by atoms with E-state index in [1.807, 2.05) is 19.9 Å². The van der Waals surface area contributed by atoms with E-state index in [0.717, 1.165) is 49.3 Å². The molecular weight excluding hydrogens is 426 g/mol. The molecule has 0 radical (unpaired) electrons. The first-order valence-electron chi connectivity index (χ1n) is 12.2.